The summed E-state index contributed by atoms with van der Waals surface area (Å²) in [5.74, 6) is 0.906. The van der Waals surface area contributed by atoms with Crippen LogP contribution in [0.25, 0.3) is 0 Å². The molecule has 0 amide bonds. The number of rotatable bonds is 4. The number of hydrogen-bond donors (Lipinski definition) is 2. The molecule has 1 saturated heterocycles. The van der Waals surface area contributed by atoms with Crippen molar-refractivity contribution in [3.63, 3.8) is 0 Å². The van der Waals surface area contributed by atoms with Crippen LogP contribution in [0.2, 0.25) is 0 Å². The maximum absolute atomic E-state index is 5.56. The van der Waals surface area contributed by atoms with Gasteiger partial charge in [-0.3, -0.25) is 0 Å². The van der Waals surface area contributed by atoms with Gasteiger partial charge in [0.05, 0.1) is 11.9 Å². The van der Waals surface area contributed by atoms with Crippen molar-refractivity contribution in [2.45, 2.75) is 12.8 Å². The van der Waals surface area contributed by atoms with Crippen molar-refractivity contribution < 1.29 is 0 Å². The van der Waals surface area contributed by atoms with Crippen LogP contribution < -0.4 is 11.1 Å². The summed E-state index contributed by atoms with van der Waals surface area (Å²) in [5, 5.41) is 3.29. The molecule has 1 aliphatic rings. The molecule has 0 spiro atoms. The van der Waals surface area contributed by atoms with Gasteiger partial charge in [-0.15, -0.1) is 0 Å². The van der Waals surface area contributed by atoms with Gasteiger partial charge in [-0.05, 0) is 38.1 Å². The van der Waals surface area contributed by atoms with Crippen LogP contribution in [0.3, 0.4) is 0 Å². The van der Waals surface area contributed by atoms with E-state index in [0.717, 1.165) is 18.9 Å². The number of pyridine rings is 1. The molecular formula is C11H18N4. The fourth-order valence-corrected chi connectivity index (χ4v) is 1.86. The first-order chi connectivity index (χ1) is 7.34. The lowest BCUT2D eigenvalue weighted by atomic mass is 10.4. The second kappa shape index (κ2) is 4.98. The van der Waals surface area contributed by atoms with E-state index in [-0.39, 0.29) is 0 Å². The Kier molecular flexibility index (Phi) is 3.40. The van der Waals surface area contributed by atoms with Crippen molar-refractivity contribution in [3.05, 3.63) is 18.3 Å². The van der Waals surface area contributed by atoms with Gasteiger partial charge in [-0.2, -0.15) is 0 Å². The number of hydrogen-bond acceptors (Lipinski definition) is 4. The molecule has 0 unspecified atom stereocenters. The number of nitrogens with one attached hydrogen (secondary N) is 1. The fraction of sp³-hybridized carbons (Fsp3) is 0.545. The van der Waals surface area contributed by atoms with Gasteiger partial charge in [0.1, 0.15) is 5.82 Å². The van der Waals surface area contributed by atoms with Crippen molar-refractivity contribution in [2.75, 3.05) is 37.2 Å². The van der Waals surface area contributed by atoms with Crippen molar-refractivity contribution in [1.82, 2.24) is 9.88 Å². The molecule has 1 aromatic heterocycles. The molecule has 82 valence electrons. The summed E-state index contributed by atoms with van der Waals surface area (Å²) in [4.78, 5) is 6.66. The van der Waals surface area contributed by atoms with Crippen LogP contribution in [-0.2, 0) is 0 Å². The number of nitrogens with zero attached hydrogens (tertiary/aromatic N) is 2. The van der Waals surface area contributed by atoms with Crippen molar-refractivity contribution in [2.24, 2.45) is 0 Å². The second-order valence-corrected chi connectivity index (χ2v) is 3.95. The Morgan fingerprint density at radius 3 is 2.80 bits per heavy atom. The lowest BCUT2D eigenvalue weighted by molar-refractivity contribution is 0.352. The molecular weight excluding hydrogens is 188 g/mol. The molecule has 2 rings (SSSR count). The molecule has 0 saturated carbocycles. The van der Waals surface area contributed by atoms with E-state index in [1.54, 1.807) is 6.20 Å². The summed E-state index contributed by atoms with van der Waals surface area (Å²) < 4.78 is 0. The number of nitrogen functional groups attached to an aromatic ring is 1. The molecule has 1 aliphatic heterocycles. The molecule has 1 aromatic rings. The van der Waals surface area contributed by atoms with Gasteiger partial charge >= 0.3 is 0 Å². The highest BCUT2D eigenvalue weighted by molar-refractivity contribution is 5.43. The molecule has 1 fully saturated rings. The smallest absolute Gasteiger partial charge is 0.126 e. The third-order valence-corrected chi connectivity index (χ3v) is 2.72. The van der Waals surface area contributed by atoms with Gasteiger partial charge in [0.2, 0.25) is 0 Å². The Morgan fingerprint density at radius 2 is 2.13 bits per heavy atom. The molecule has 0 aliphatic carbocycles. The predicted molar refractivity (Wildman–Crippen MR) is 62.8 cm³/mol. The zero-order valence-corrected chi connectivity index (χ0v) is 8.95. The van der Waals surface area contributed by atoms with Gasteiger partial charge in [-0.1, -0.05) is 0 Å². The first-order valence-electron chi connectivity index (χ1n) is 5.52. The number of likely N-dealkylation sites (tertiary alicyclic amines) is 1. The molecule has 4 heteroatoms. The second-order valence-electron chi connectivity index (χ2n) is 3.95. The van der Waals surface area contributed by atoms with Gasteiger partial charge in [0, 0.05) is 13.1 Å². The summed E-state index contributed by atoms with van der Waals surface area (Å²) in [6.45, 7) is 4.55. The largest absolute Gasteiger partial charge is 0.397 e. The SMILES string of the molecule is Nc1ccc(NCCN2CCCC2)nc1. The van der Waals surface area contributed by atoms with Crippen molar-refractivity contribution in [3.8, 4) is 0 Å². The molecule has 15 heavy (non-hydrogen) atoms. The third kappa shape index (κ3) is 3.09. The topological polar surface area (TPSA) is 54.2 Å². The molecule has 0 radical (unpaired) electrons. The molecule has 3 N–H and O–H groups in total. The lowest BCUT2D eigenvalue weighted by Crippen LogP contribution is -2.26. The van der Waals surface area contributed by atoms with Crippen molar-refractivity contribution >= 4 is 11.5 Å². The Balaban J connectivity index is 1.71. The zero-order valence-electron chi connectivity index (χ0n) is 8.95. The first kappa shape index (κ1) is 10.2. The summed E-state index contributed by atoms with van der Waals surface area (Å²) in [7, 11) is 0. The average molecular weight is 206 g/mol. The van der Waals surface area contributed by atoms with Gasteiger partial charge in [0.15, 0.2) is 0 Å². The Morgan fingerprint density at radius 1 is 1.33 bits per heavy atom. The normalized spacial score (nSPS) is 16.8. The lowest BCUT2D eigenvalue weighted by Gasteiger charge is -2.14. The highest BCUT2D eigenvalue weighted by Crippen LogP contribution is 2.08. The van der Waals surface area contributed by atoms with E-state index in [1.165, 1.54) is 25.9 Å². The van der Waals surface area contributed by atoms with Crippen LogP contribution in [0.1, 0.15) is 12.8 Å². The Bertz CT molecular complexity index is 290. The van der Waals surface area contributed by atoms with Crippen LogP contribution in [0, 0.1) is 0 Å². The van der Waals surface area contributed by atoms with Crippen LogP contribution in [-0.4, -0.2) is 36.1 Å². The number of nitrogens with two attached hydrogens (primary N) is 1. The van der Waals surface area contributed by atoms with Crippen LogP contribution in [0.5, 0.6) is 0 Å². The fourth-order valence-electron chi connectivity index (χ4n) is 1.86. The van der Waals surface area contributed by atoms with E-state index in [2.05, 4.69) is 15.2 Å². The number of anilines is 2. The Hall–Kier alpha value is -1.29. The van der Waals surface area contributed by atoms with E-state index < -0.39 is 0 Å². The summed E-state index contributed by atoms with van der Waals surface area (Å²) in [6.07, 6.45) is 4.37. The van der Waals surface area contributed by atoms with Gasteiger partial charge in [0.25, 0.3) is 0 Å². The quantitative estimate of drug-likeness (QED) is 0.776. The summed E-state index contributed by atoms with van der Waals surface area (Å²) >= 11 is 0. The minimum Gasteiger partial charge on any atom is -0.397 e. The van der Waals surface area contributed by atoms with Gasteiger partial charge < -0.3 is 16.0 Å². The highest BCUT2D eigenvalue weighted by Gasteiger charge is 2.09. The standard InChI is InChI=1S/C11H18N4/c12-10-3-4-11(14-9-10)13-5-8-15-6-1-2-7-15/h3-4,9H,1-2,5-8,12H2,(H,13,14). The minimum atomic E-state index is 0.708. The zero-order chi connectivity index (χ0) is 10.5. The van der Waals surface area contributed by atoms with E-state index in [9.17, 15) is 0 Å². The molecule has 4 nitrogen and oxygen atoms in total. The van der Waals surface area contributed by atoms with E-state index in [1.807, 2.05) is 12.1 Å². The maximum Gasteiger partial charge on any atom is 0.126 e. The first-order valence-corrected chi connectivity index (χ1v) is 5.52. The minimum absolute atomic E-state index is 0.708. The van der Waals surface area contributed by atoms with Crippen LogP contribution >= 0.6 is 0 Å². The van der Waals surface area contributed by atoms with Crippen LogP contribution in [0.15, 0.2) is 18.3 Å². The predicted octanol–water partition coefficient (Wildman–Crippen LogP) is 1.17. The maximum atomic E-state index is 5.56. The van der Waals surface area contributed by atoms with E-state index in [0.29, 0.717) is 5.69 Å². The third-order valence-electron chi connectivity index (χ3n) is 2.72. The molecule has 2 heterocycles. The van der Waals surface area contributed by atoms with E-state index >= 15 is 0 Å². The van der Waals surface area contributed by atoms with Gasteiger partial charge in [-0.25, -0.2) is 4.98 Å². The van der Waals surface area contributed by atoms with Crippen LogP contribution in [0.4, 0.5) is 11.5 Å². The molecule has 0 atom stereocenters. The summed E-state index contributed by atoms with van der Waals surface area (Å²) in [5.41, 5.74) is 6.26. The van der Waals surface area contributed by atoms with E-state index in [4.69, 9.17) is 5.73 Å². The number of aromatic nitrogens is 1. The molecule has 0 bridgehead atoms. The summed E-state index contributed by atoms with van der Waals surface area (Å²) in [6, 6.07) is 3.78. The van der Waals surface area contributed by atoms with Crippen molar-refractivity contribution in [1.29, 1.82) is 0 Å². The average Bonchev–Trinajstić information content (AvgIpc) is 2.74. The Labute approximate surface area is 90.5 Å². The highest BCUT2D eigenvalue weighted by atomic mass is 15.2. The molecule has 0 aromatic carbocycles. The monoisotopic (exact) mass is 206 g/mol.